The number of hydrogen-bond acceptors (Lipinski definition) is 6. The molecule has 8 heteroatoms. The fourth-order valence-electron chi connectivity index (χ4n) is 2.66. The van der Waals surface area contributed by atoms with Crippen molar-refractivity contribution in [3.8, 4) is 0 Å². The second-order valence-corrected chi connectivity index (χ2v) is 5.57. The van der Waals surface area contributed by atoms with Gasteiger partial charge in [-0.2, -0.15) is 9.97 Å². The predicted molar refractivity (Wildman–Crippen MR) is 72.6 cm³/mol. The van der Waals surface area contributed by atoms with Gasteiger partial charge in [-0.15, -0.1) is 0 Å². The molecular weight excluding hydrogens is 306 g/mol. The van der Waals surface area contributed by atoms with Crippen molar-refractivity contribution in [3.05, 3.63) is 58.8 Å². The minimum Gasteiger partial charge on any atom is -0.340 e. The van der Waals surface area contributed by atoms with Crippen LogP contribution in [-0.2, 0) is 6.42 Å². The summed E-state index contributed by atoms with van der Waals surface area (Å²) < 4.78 is 36.9. The molecule has 118 valence electrons. The summed E-state index contributed by atoms with van der Waals surface area (Å²) >= 11 is 0. The van der Waals surface area contributed by atoms with Crippen LogP contribution in [0.2, 0.25) is 0 Å². The van der Waals surface area contributed by atoms with Gasteiger partial charge in [0.15, 0.2) is 11.6 Å². The van der Waals surface area contributed by atoms with Crippen LogP contribution in [-0.4, -0.2) is 20.3 Å². The Bertz CT molecular complexity index is 861. The fourth-order valence-corrected chi connectivity index (χ4v) is 2.66. The van der Waals surface area contributed by atoms with Crippen LogP contribution in [0.3, 0.4) is 0 Å². The zero-order chi connectivity index (χ0) is 16.0. The molecule has 0 bridgehead atoms. The van der Waals surface area contributed by atoms with E-state index in [2.05, 4.69) is 20.3 Å². The van der Waals surface area contributed by atoms with Gasteiger partial charge in [0.2, 0.25) is 11.8 Å². The van der Waals surface area contributed by atoms with Crippen LogP contribution >= 0.6 is 0 Å². The molecule has 2 atom stereocenters. The molecular formula is C15H12F2N4O2. The van der Waals surface area contributed by atoms with Crippen molar-refractivity contribution in [2.75, 3.05) is 0 Å². The Balaban J connectivity index is 1.48. The summed E-state index contributed by atoms with van der Waals surface area (Å²) in [5.74, 6) is 0.627. The van der Waals surface area contributed by atoms with Crippen molar-refractivity contribution in [1.82, 2.24) is 20.3 Å². The van der Waals surface area contributed by atoms with E-state index < -0.39 is 11.6 Å². The number of aromatic nitrogens is 4. The monoisotopic (exact) mass is 318 g/mol. The first-order chi connectivity index (χ1) is 11.1. The van der Waals surface area contributed by atoms with Crippen molar-refractivity contribution in [2.45, 2.75) is 31.6 Å². The Labute approximate surface area is 129 Å². The molecule has 23 heavy (non-hydrogen) atoms. The first-order valence-electron chi connectivity index (χ1n) is 7.17. The molecule has 0 saturated heterocycles. The molecule has 2 unspecified atom stereocenters. The lowest BCUT2D eigenvalue weighted by Gasteiger charge is -2.00. The van der Waals surface area contributed by atoms with E-state index in [1.807, 2.05) is 0 Å². The predicted octanol–water partition coefficient (Wildman–Crippen LogP) is 2.90. The smallest absolute Gasteiger partial charge is 0.230 e. The second kappa shape index (κ2) is 5.22. The third-order valence-electron chi connectivity index (χ3n) is 3.84. The van der Waals surface area contributed by atoms with Gasteiger partial charge in [0, 0.05) is 18.9 Å². The van der Waals surface area contributed by atoms with Gasteiger partial charge >= 0.3 is 0 Å². The number of rotatable bonds is 4. The first kappa shape index (κ1) is 14.0. The van der Waals surface area contributed by atoms with Gasteiger partial charge in [-0.3, -0.25) is 0 Å². The lowest BCUT2D eigenvalue weighted by molar-refractivity contribution is 0.371. The van der Waals surface area contributed by atoms with Gasteiger partial charge in [-0.25, -0.2) is 8.78 Å². The Morgan fingerprint density at radius 3 is 2.61 bits per heavy atom. The summed E-state index contributed by atoms with van der Waals surface area (Å²) in [4.78, 5) is 8.38. The van der Waals surface area contributed by atoms with Crippen LogP contribution in [0, 0.1) is 18.6 Å². The lowest BCUT2D eigenvalue weighted by atomic mass is 10.1. The van der Waals surface area contributed by atoms with Gasteiger partial charge in [0.25, 0.3) is 0 Å². The Hall–Kier alpha value is -2.64. The van der Waals surface area contributed by atoms with E-state index in [1.54, 1.807) is 6.92 Å². The summed E-state index contributed by atoms with van der Waals surface area (Å²) in [6.45, 7) is 1.70. The van der Waals surface area contributed by atoms with E-state index in [1.165, 1.54) is 12.1 Å². The molecule has 0 spiro atoms. The quantitative estimate of drug-likeness (QED) is 0.736. The molecule has 0 amide bonds. The molecule has 1 aromatic carbocycles. The van der Waals surface area contributed by atoms with Gasteiger partial charge in [-0.05, 0) is 24.0 Å². The molecule has 1 aliphatic rings. The highest BCUT2D eigenvalue weighted by molar-refractivity contribution is 5.32. The first-order valence-corrected chi connectivity index (χ1v) is 7.17. The topological polar surface area (TPSA) is 77.8 Å². The zero-order valence-electron chi connectivity index (χ0n) is 12.2. The summed E-state index contributed by atoms with van der Waals surface area (Å²) in [5, 5.41) is 7.66. The molecule has 0 N–H and O–H groups in total. The summed E-state index contributed by atoms with van der Waals surface area (Å²) in [6, 6.07) is 3.61. The lowest BCUT2D eigenvalue weighted by Crippen LogP contribution is -1.94. The van der Waals surface area contributed by atoms with Crippen molar-refractivity contribution in [3.63, 3.8) is 0 Å². The van der Waals surface area contributed by atoms with Gasteiger partial charge in [-0.1, -0.05) is 16.4 Å². The van der Waals surface area contributed by atoms with Gasteiger partial charge in [0.1, 0.15) is 11.6 Å². The highest BCUT2D eigenvalue weighted by atomic mass is 19.1. The molecule has 2 heterocycles. The zero-order valence-corrected chi connectivity index (χ0v) is 12.2. The van der Waals surface area contributed by atoms with E-state index >= 15 is 0 Å². The van der Waals surface area contributed by atoms with E-state index in [0.717, 1.165) is 6.07 Å². The summed E-state index contributed by atoms with van der Waals surface area (Å²) in [7, 11) is 0. The number of nitrogens with zero attached hydrogens (tertiary/aromatic N) is 4. The second-order valence-electron chi connectivity index (χ2n) is 5.57. The van der Waals surface area contributed by atoms with E-state index in [4.69, 9.17) is 9.05 Å². The highest BCUT2D eigenvalue weighted by Gasteiger charge is 2.45. The number of halogens is 2. The molecule has 6 nitrogen and oxygen atoms in total. The molecule has 1 saturated carbocycles. The minimum absolute atomic E-state index is 0.0387. The average Bonchev–Trinajstić information content (AvgIpc) is 2.95. The van der Waals surface area contributed by atoms with Gasteiger partial charge < -0.3 is 9.05 Å². The third-order valence-corrected chi connectivity index (χ3v) is 3.84. The van der Waals surface area contributed by atoms with Crippen molar-refractivity contribution in [1.29, 1.82) is 0 Å². The maximum Gasteiger partial charge on any atom is 0.230 e. The highest BCUT2D eigenvalue weighted by Crippen LogP contribution is 2.54. The van der Waals surface area contributed by atoms with E-state index in [9.17, 15) is 8.78 Å². The Kier molecular flexibility index (Phi) is 3.17. The Morgan fingerprint density at radius 1 is 1.09 bits per heavy atom. The molecule has 4 rings (SSSR count). The molecule has 0 radical (unpaired) electrons. The molecule has 2 aromatic heterocycles. The molecule has 3 aromatic rings. The average molecular weight is 318 g/mol. The Morgan fingerprint density at radius 2 is 1.87 bits per heavy atom. The minimum atomic E-state index is -0.584. The molecule has 1 aliphatic carbocycles. The standard InChI is InChI=1S/C15H12F2N4O2/c1-7-18-13(20-22-7)6-14-19-15(23-21-14)11-5-10(11)9-3-2-8(16)4-12(9)17/h2-4,10-11H,5-6H2,1H3. The van der Waals surface area contributed by atoms with E-state index in [-0.39, 0.29) is 11.8 Å². The number of hydrogen-bond donors (Lipinski definition) is 0. The largest absolute Gasteiger partial charge is 0.340 e. The van der Waals surface area contributed by atoms with Crippen molar-refractivity contribution in [2.24, 2.45) is 0 Å². The maximum atomic E-state index is 13.8. The van der Waals surface area contributed by atoms with Crippen LogP contribution in [0.5, 0.6) is 0 Å². The van der Waals surface area contributed by atoms with Crippen LogP contribution in [0.25, 0.3) is 0 Å². The number of benzene rings is 1. The van der Waals surface area contributed by atoms with Crippen molar-refractivity contribution >= 4 is 0 Å². The molecule has 0 aliphatic heterocycles. The van der Waals surface area contributed by atoms with E-state index in [0.29, 0.717) is 41.8 Å². The summed E-state index contributed by atoms with van der Waals surface area (Å²) in [6.07, 6.45) is 1.01. The fraction of sp³-hybridized carbons (Fsp3) is 0.333. The SMILES string of the molecule is Cc1nc(Cc2noc(C3CC3c3ccc(F)cc3F)n2)no1. The van der Waals surface area contributed by atoms with Crippen LogP contribution in [0.15, 0.2) is 27.2 Å². The molecule has 1 fully saturated rings. The normalized spacial score (nSPS) is 20.0. The third kappa shape index (κ3) is 2.71. The van der Waals surface area contributed by atoms with Gasteiger partial charge in [0.05, 0.1) is 6.42 Å². The number of aryl methyl sites for hydroxylation is 1. The van der Waals surface area contributed by atoms with Crippen LogP contribution < -0.4 is 0 Å². The van der Waals surface area contributed by atoms with Crippen LogP contribution in [0.1, 0.15) is 47.3 Å². The maximum absolute atomic E-state index is 13.8. The van der Waals surface area contributed by atoms with Crippen LogP contribution in [0.4, 0.5) is 8.78 Å². The van der Waals surface area contributed by atoms with Crippen molar-refractivity contribution < 1.29 is 17.8 Å². The summed E-state index contributed by atoms with van der Waals surface area (Å²) in [5.41, 5.74) is 0.477.